The van der Waals surface area contributed by atoms with Crippen LogP contribution in [-0.4, -0.2) is 41.4 Å². The number of methoxy groups -OCH3 is 1. The van der Waals surface area contributed by atoms with E-state index >= 15 is 0 Å². The van der Waals surface area contributed by atoms with Crippen LogP contribution in [-0.2, 0) is 9.59 Å². The number of pyridine rings is 1. The van der Waals surface area contributed by atoms with Crippen LogP contribution in [0.1, 0.15) is 26.7 Å². The van der Waals surface area contributed by atoms with E-state index in [0.29, 0.717) is 24.4 Å². The normalized spacial score (nSPS) is 16.2. The van der Waals surface area contributed by atoms with Crippen LogP contribution in [0.5, 0.6) is 5.75 Å². The summed E-state index contributed by atoms with van der Waals surface area (Å²) in [4.78, 5) is 30.1. The van der Waals surface area contributed by atoms with Crippen LogP contribution in [0.15, 0.2) is 18.5 Å². The predicted molar refractivity (Wildman–Crippen MR) is 79.0 cm³/mol. The molecule has 1 aromatic heterocycles. The van der Waals surface area contributed by atoms with Crippen molar-refractivity contribution in [2.75, 3.05) is 19.0 Å². The standard InChI is InChI=1S/C15H21N3O3/c1-10(2)14(18-8-4-5-13(18)19)15(20)17-11-9-16-7-6-12(11)21-3/h6-7,9-10,14H,4-5,8H2,1-3H3,(H,17,20). The molecule has 0 saturated carbocycles. The summed E-state index contributed by atoms with van der Waals surface area (Å²) in [5.41, 5.74) is 0.516. The molecule has 0 bridgehead atoms. The van der Waals surface area contributed by atoms with E-state index < -0.39 is 6.04 Å². The lowest BCUT2D eigenvalue weighted by Crippen LogP contribution is -2.48. The van der Waals surface area contributed by atoms with E-state index in [2.05, 4.69) is 10.3 Å². The molecule has 0 aromatic carbocycles. The van der Waals surface area contributed by atoms with Crippen LogP contribution in [0, 0.1) is 5.92 Å². The fourth-order valence-corrected chi connectivity index (χ4v) is 2.63. The summed E-state index contributed by atoms with van der Waals surface area (Å²) in [7, 11) is 1.54. The minimum Gasteiger partial charge on any atom is -0.494 e. The number of amides is 2. The second-order valence-electron chi connectivity index (χ2n) is 5.44. The molecule has 1 fully saturated rings. The van der Waals surface area contributed by atoms with Gasteiger partial charge >= 0.3 is 0 Å². The summed E-state index contributed by atoms with van der Waals surface area (Å²) in [5, 5.41) is 2.82. The molecule has 21 heavy (non-hydrogen) atoms. The Bertz CT molecular complexity index is 531. The molecule has 1 aliphatic heterocycles. The molecule has 2 heterocycles. The number of nitrogens with one attached hydrogen (secondary N) is 1. The topological polar surface area (TPSA) is 71.5 Å². The van der Waals surface area contributed by atoms with Gasteiger partial charge in [0.05, 0.1) is 13.3 Å². The minimum atomic E-state index is -0.468. The lowest BCUT2D eigenvalue weighted by atomic mass is 10.0. The number of rotatable bonds is 5. The number of nitrogens with zero attached hydrogens (tertiary/aromatic N) is 2. The first-order valence-electron chi connectivity index (χ1n) is 7.13. The van der Waals surface area contributed by atoms with Gasteiger partial charge in [0.1, 0.15) is 17.5 Å². The summed E-state index contributed by atoms with van der Waals surface area (Å²) >= 11 is 0. The molecule has 0 radical (unpaired) electrons. The molecule has 0 aliphatic carbocycles. The average molecular weight is 291 g/mol. The van der Waals surface area contributed by atoms with Gasteiger partial charge in [-0.3, -0.25) is 14.6 Å². The number of aromatic nitrogens is 1. The lowest BCUT2D eigenvalue weighted by Gasteiger charge is -2.30. The molecule has 114 valence electrons. The molecule has 6 heteroatoms. The highest BCUT2D eigenvalue weighted by Crippen LogP contribution is 2.25. The Balaban J connectivity index is 2.17. The Labute approximate surface area is 124 Å². The highest BCUT2D eigenvalue weighted by molar-refractivity contribution is 5.98. The molecule has 1 aromatic rings. The number of carbonyl (C=O) groups is 2. The van der Waals surface area contributed by atoms with E-state index in [-0.39, 0.29) is 17.7 Å². The zero-order valence-corrected chi connectivity index (χ0v) is 12.6. The Morgan fingerprint density at radius 1 is 1.48 bits per heavy atom. The molecule has 6 nitrogen and oxygen atoms in total. The molecule has 1 unspecified atom stereocenters. The molecule has 1 aliphatic rings. The molecule has 1 N–H and O–H groups in total. The van der Waals surface area contributed by atoms with Gasteiger partial charge in [0.15, 0.2) is 0 Å². The summed E-state index contributed by atoms with van der Waals surface area (Å²) in [6, 6.07) is 1.21. The van der Waals surface area contributed by atoms with Crippen LogP contribution >= 0.6 is 0 Å². The van der Waals surface area contributed by atoms with Crippen molar-refractivity contribution in [1.82, 2.24) is 9.88 Å². The SMILES string of the molecule is COc1ccncc1NC(=O)C(C(C)C)N1CCCC1=O. The van der Waals surface area contributed by atoms with Crippen molar-refractivity contribution in [2.24, 2.45) is 5.92 Å². The molecular formula is C15H21N3O3. The number of hydrogen-bond acceptors (Lipinski definition) is 4. The van der Waals surface area contributed by atoms with Crippen molar-refractivity contribution in [2.45, 2.75) is 32.7 Å². The summed E-state index contributed by atoms with van der Waals surface area (Å²) < 4.78 is 5.20. The smallest absolute Gasteiger partial charge is 0.247 e. The summed E-state index contributed by atoms with van der Waals surface area (Å²) in [6.45, 7) is 4.52. The molecule has 2 amide bonds. The van der Waals surface area contributed by atoms with E-state index in [1.54, 1.807) is 23.4 Å². The molecular weight excluding hydrogens is 270 g/mol. The monoisotopic (exact) mass is 291 g/mol. The first kappa shape index (κ1) is 15.3. The summed E-state index contributed by atoms with van der Waals surface area (Å²) in [5.74, 6) is 0.428. The molecule has 1 atom stereocenters. The molecule has 2 rings (SSSR count). The third-order valence-electron chi connectivity index (χ3n) is 3.60. The van der Waals surface area contributed by atoms with Gasteiger partial charge in [-0.1, -0.05) is 13.8 Å². The maximum atomic E-state index is 12.6. The fourth-order valence-electron chi connectivity index (χ4n) is 2.63. The first-order valence-corrected chi connectivity index (χ1v) is 7.13. The van der Waals surface area contributed by atoms with Gasteiger partial charge in [-0.2, -0.15) is 0 Å². The van der Waals surface area contributed by atoms with Gasteiger partial charge in [0.25, 0.3) is 0 Å². The number of ether oxygens (including phenoxy) is 1. The Kier molecular flexibility index (Phi) is 4.77. The molecule has 0 spiro atoms. The van der Waals surface area contributed by atoms with E-state index in [1.165, 1.54) is 7.11 Å². The number of carbonyl (C=O) groups excluding carboxylic acids is 2. The van der Waals surface area contributed by atoms with Crippen molar-refractivity contribution < 1.29 is 14.3 Å². The van der Waals surface area contributed by atoms with E-state index in [9.17, 15) is 9.59 Å². The largest absolute Gasteiger partial charge is 0.494 e. The average Bonchev–Trinajstić information content (AvgIpc) is 2.85. The Morgan fingerprint density at radius 2 is 2.24 bits per heavy atom. The highest BCUT2D eigenvalue weighted by atomic mass is 16.5. The van der Waals surface area contributed by atoms with Gasteiger partial charge in [-0.25, -0.2) is 0 Å². The van der Waals surface area contributed by atoms with E-state index in [1.807, 2.05) is 13.8 Å². The van der Waals surface area contributed by atoms with Gasteiger partial charge < -0.3 is 15.0 Å². The fraction of sp³-hybridized carbons (Fsp3) is 0.533. The van der Waals surface area contributed by atoms with Crippen molar-refractivity contribution in [1.29, 1.82) is 0 Å². The van der Waals surface area contributed by atoms with Crippen LogP contribution in [0.25, 0.3) is 0 Å². The maximum absolute atomic E-state index is 12.6. The predicted octanol–water partition coefficient (Wildman–Crippen LogP) is 1.68. The molecule has 1 saturated heterocycles. The van der Waals surface area contributed by atoms with Crippen LogP contribution in [0.4, 0.5) is 5.69 Å². The van der Waals surface area contributed by atoms with Gasteiger partial charge in [0.2, 0.25) is 11.8 Å². The van der Waals surface area contributed by atoms with Crippen LogP contribution in [0.3, 0.4) is 0 Å². The first-order chi connectivity index (χ1) is 10.0. The number of anilines is 1. The van der Waals surface area contributed by atoms with Crippen LogP contribution < -0.4 is 10.1 Å². The minimum absolute atomic E-state index is 0.0368. The van der Waals surface area contributed by atoms with Crippen LogP contribution in [0.2, 0.25) is 0 Å². The van der Waals surface area contributed by atoms with Gasteiger partial charge in [0, 0.05) is 25.2 Å². The third-order valence-corrected chi connectivity index (χ3v) is 3.60. The van der Waals surface area contributed by atoms with Crippen molar-refractivity contribution in [3.63, 3.8) is 0 Å². The number of hydrogen-bond donors (Lipinski definition) is 1. The van der Waals surface area contributed by atoms with Gasteiger partial charge in [-0.15, -0.1) is 0 Å². The zero-order valence-electron chi connectivity index (χ0n) is 12.6. The van der Waals surface area contributed by atoms with Crippen molar-refractivity contribution >= 4 is 17.5 Å². The Hall–Kier alpha value is -2.11. The quantitative estimate of drug-likeness (QED) is 0.896. The van der Waals surface area contributed by atoms with E-state index in [0.717, 1.165) is 6.42 Å². The van der Waals surface area contributed by atoms with Gasteiger partial charge in [-0.05, 0) is 12.3 Å². The maximum Gasteiger partial charge on any atom is 0.247 e. The van der Waals surface area contributed by atoms with Crippen molar-refractivity contribution in [3.8, 4) is 5.75 Å². The zero-order chi connectivity index (χ0) is 15.4. The summed E-state index contributed by atoms with van der Waals surface area (Å²) in [6.07, 6.45) is 4.47. The second kappa shape index (κ2) is 6.56. The van der Waals surface area contributed by atoms with Crippen molar-refractivity contribution in [3.05, 3.63) is 18.5 Å². The Morgan fingerprint density at radius 3 is 2.81 bits per heavy atom. The van der Waals surface area contributed by atoms with E-state index in [4.69, 9.17) is 4.74 Å². The number of likely N-dealkylation sites (tertiary alicyclic amines) is 1. The highest BCUT2D eigenvalue weighted by Gasteiger charge is 2.35. The third kappa shape index (κ3) is 3.32. The lowest BCUT2D eigenvalue weighted by molar-refractivity contribution is -0.136. The second-order valence-corrected chi connectivity index (χ2v) is 5.44.